The van der Waals surface area contributed by atoms with Gasteiger partial charge in [-0.15, -0.1) is 0 Å². The molecule has 1 atom stereocenters. The summed E-state index contributed by atoms with van der Waals surface area (Å²) in [5.41, 5.74) is -0.875. The van der Waals surface area contributed by atoms with Gasteiger partial charge in [-0.1, -0.05) is 6.92 Å². The van der Waals surface area contributed by atoms with Gasteiger partial charge in [-0.2, -0.15) is 0 Å². The van der Waals surface area contributed by atoms with E-state index in [0.717, 1.165) is 6.54 Å². The maximum Gasteiger partial charge on any atom is 0.124 e. The molecule has 1 N–H and O–H groups in total. The predicted molar refractivity (Wildman–Crippen MR) is 31.6 cm³/mol. The van der Waals surface area contributed by atoms with Crippen LogP contribution in [0.1, 0.15) is 19.8 Å². The minimum Gasteiger partial charge on any atom is -0.313 e. The van der Waals surface area contributed by atoms with Crippen LogP contribution in [-0.2, 0) is 0 Å². The third kappa shape index (κ3) is 0.996. The Kier molecular flexibility index (Phi) is 1.52. The molecule has 0 radical (unpaired) electrons. The number of hydrogen-bond donors (Lipinski definition) is 1. The quantitative estimate of drug-likeness (QED) is 0.542. The van der Waals surface area contributed by atoms with Crippen LogP contribution in [0.3, 0.4) is 0 Å². The van der Waals surface area contributed by atoms with E-state index in [1.807, 2.05) is 6.92 Å². The number of hydrogen-bond acceptors (Lipinski definition) is 1. The molecular formula is C6H12FN. The maximum atomic E-state index is 13.0. The highest BCUT2D eigenvalue weighted by atomic mass is 19.1. The first kappa shape index (κ1) is 6.02. The zero-order chi connectivity index (χ0) is 6.04. The smallest absolute Gasteiger partial charge is 0.124 e. The standard InChI is InChI=1S/C6H12FN/c1-2-6(7)3-4-8-5-6/h8H,2-5H2,1H3. The predicted octanol–water partition coefficient (Wildman–Crippen LogP) is 1.10. The van der Waals surface area contributed by atoms with E-state index in [9.17, 15) is 4.39 Å². The van der Waals surface area contributed by atoms with Crippen molar-refractivity contribution >= 4 is 0 Å². The van der Waals surface area contributed by atoms with E-state index in [2.05, 4.69) is 5.32 Å². The summed E-state index contributed by atoms with van der Waals surface area (Å²) < 4.78 is 13.0. The fraction of sp³-hybridized carbons (Fsp3) is 1.00. The molecule has 0 aromatic carbocycles. The largest absolute Gasteiger partial charge is 0.313 e. The Morgan fingerprint density at radius 1 is 1.75 bits per heavy atom. The van der Waals surface area contributed by atoms with Crippen molar-refractivity contribution in [3.63, 3.8) is 0 Å². The summed E-state index contributed by atoms with van der Waals surface area (Å²) in [6, 6.07) is 0. The van der Waals surface area contributed by atoms with E-state index in [0.29, 0.717) is 19.4 Å². The van der Waals surface area contributed by atoms with E-state index < -0.39 is 5.67 Å². The van der Waals surface area contributed by atoms with Crippen molar-refractivity contribution in [1.29, 1.82) is 0 Å². The molecule has 0 amide bonds. The summed E-state index contributed by atoms with van der Waals surface area (Å²) >= 11 is 0. The average Bonchev–Trinajstić information content (AvgIpc) is 2.17. The highest BCUT2D eigenvalue weighted by Crippen LogP contribution is 2.22. The lowest BCUT2D eigenvalue weighted by Gasteiger charge is -2.13. The van der Waals surface area contributed by atoms with E-state index in [1.165, 1.54) is 0 Å². The van der Waals surface area contributed by atoms with Gasteiger partial charge in [0.2, 0.25) is 0 Å². The molecule has 0 aromatic rings. The molecule has 0 saturated carbocycles. The van der Waals surface area contributed by atoms with Crippen molar-refractivity contribution < 1.29 is 4.39 Å². The second-order valence-corrected chi connectivity index (χ2v) is 2.43. The van der Waals surface area contributed by atoms with Gasteiger partial charge in [0, 0.05) is 6.54 Å². The summed E-state index contributed by atoms with van der Waals surface area (Å²) in [5, 5.41) is 2.99. The summed E-state index contributed by atoms with van der Waals surface area (Å²) in [5.74, 6) is 0. The van der Waals surface area contributed by atoms with Crippen LogP contribution in [0, 0.1) is 0 Å². The lowest BCUT2D eigenvalue weighted by Crippen LogP contribution is -2.24. The molecule has 0 aromatic heterocycles. The van der Waals surface area contributed by atoms with Gasteiger partial charge in [0.1, 0.15) is 5.67 Å². The van der Waals surface area contributed by atoms with Crippen molar-refractivity contribution in [1.82, 2.24) is 5.32 Å². The topological polar surface area (TPSA) is 12.0 Å². The Hall–Kier alpha value is -0.110. The molecule has 1 heterocycles. The Morgan fingerprint density at radius 3 is 2.75 bits per heavy atom. The first-order valence-corrected chi connectivity index (χ1v) is 3.16. The van der Waals surface area contributed by atoms with Crippen LogP contribution in [-0.4, -0.2) is 18.8 Å². The molecule has 1 aliphatic rings. The molecule has 1 saturated heterocycles. The highest BCUT2D eigenvalue weighted by Gasteiger charge is 2.30. The van der Waals surface area contributed by atoms with Gasteiger partial charge in [-0.05, 0) is 19.4 Å². The van der Waals surface area contributed by atoms with E-state index in [1.54, 1.807) is 0 Å². The van der Waals surface area contributed by atoms with Gasteiger partial charge in [-0.25, -0.2) is 4.39 Å². The van der Waals surface area contributed by atoms with Crippen molar-refractivity contribution in [3.05, 3.63) is 0 Å². The summed E-state index contributed by atoms with van der Waals surface area (Å²) in [6.45, 7) is 3.31. The average molecular weight is 117 g/mol. The lowest BCUT2D eigenvalue weighted by atomic mass is 10.0. The third-order valence-corrected chi connectivity index (χ3v) is 1.83. The molecular weight excluding hydrogens is 105 g/mol. The van der Waals surface area contributed by atoms with E-state index >= 15 is 0 Å². The molecule has 0 bridgehead atoms. The second kappa shape index (κ2) is 2.02. The van der Waals surface area contributed by atoms with Gasteiger partial charge < -0.3 is 5.32 Å². The maximum absolute atomic E-state index is 13.0. The molecule has 8 heavy (non-hydrogen) atoms. The second-order valence-electron chi connectivity index (χ2n) is 2.43. The molecule has 48 valence electrons. The van der Waals surface area contributed by atoms with Crippen LogP contribution in [0.25, 0.3) is 0 Å². The molecule has 0 spiro atoms. The van der Waals surface area contributed by atoms with Crippen LogP contribution in [0.4, 0.5) is 4.39 Å². The minimum atomic E-state index is -0.875. The van der Waals surface area contributed by atoms with Crippen molar-refractivity contribution in [2.24, 2.45) is 0 Å². The minimum absolute atomic E-state index is 0.559. The van der Waals surface area contributed by atoms with Gasteiger partial charge >= 0.3 is 0 Å². The Morgan fingerprint density at radius 2 is 2.50 bits per heavy atom. The fourth-order valence-corrected chi connectivity index (χ4v) is 1.01. The molecule has 1 nitrogen and oxygen atoms in total. The Bertz CT molecular complexity index is 76.6. The molecule has 2 heteroatoms. The first-order chi connectivity index (χ1) is 3.77. The van der Waals surface area contributed by atoms with Crippen LogP contribution >= 0.6 is 0 Å². The van der Waals surface area contributed by atoms with E-state index in [4.69, 9.17) is 0 Å². The number of alkyl halides is 1. The molecule has 0 aliphatic carbocycles. The van der Waals surface area contributed by atoms with Crippen LogP contribution < -0.4 is 5.32 Å². The van der Waals surface area contributed by atoms with Crippen molar-refractivity contribution in [2.45, 2.75) is 25.4 Å². The molecule has 1 rings (SSSR count). The summed E-state index contributed by atoms with van der Waals surface area (Å²) in [6.07, 6.45) is 1.35. The summed E-state index contributed by atoms with van der Waals surface area (Å²) in [7, 11) is 0. The number of rotatable bonds is 1. The van der Waals surface area contributed by atoms with Gasteiger partial charge in [0.15, 0.2) is 0 Å². The van der Waals surface area contributed by atoms with Gasteiger partial charge in [0.25, 0.3) is 0 Å². The van der Waals surface area contributed by atoms with Gasteiger partial charge in [-0.3, -0.25) is 0 Å². The number of halogens is 1. The molecule has 1 aliphatic heterocycles. The van der Waals surface area contributed by atoms with Crippen LogP contribution in [0.2, 0.25) is 0 Å². The van der Waals surface area contributed by atoms with Crippen molar-refractivity contribution in [2.75, 3.05) is 13.1 Å². The fourth-order valence-electron chi connectivity index (χ4n) is 1.01. The Labute approximate surface area is 49.3 Å². The van der Waals surface area contributed by atoms with Gasteiger partial charge in [0.05, 0.1) is 0 Å². The van der Waals surface area contributed by atoms with Crippen LogP contribution in [0.15, 0.2) is 0 Å². The van der Waals surface area contributed by atoms with E-state index in [-0.39, 0.29) is 0 Å². The highest BCUT2D eigenvalue weighted by molar-refractivity contribution is 4.86. The SMILES string of the molecule is CCC1(F)CCNC1. The Balaban J connectivity index is 2.40. The molecule has 1 fully saturated rings. The van der Waals surface area contributed by atoms with Crippen LogP contribution in [0.5, 0.6) is 0 Å². The lowest BCUT2D eigenvalue weighted by molar-refractivity contribution is 0.184. The zero-order valence-electron chi connectivity index (χ0n) is 5.21. The first-order valence-electron chi connectivity index (χ1n) is 3.16. The monoisotopic (exact) mass is 117 g/mol. The zero-order valence-corrected chi connectivity index (χ0v) is 5.21. The normalized spacial score (nSPS) is 38.2. The summed E-state index contributed by atoms with van der Waals surface area (Å²) in [4.78, 5) is 0. The molecule has 1 unspecified atom stereocenters. The van der Waals surface area contributed by atoms with Crippen molar-refractivity contribution in [3.8, 4) is 0 Å². The number of nitrogens with one attached hydrogen (secondary N) is 1. The third-order valence-electron chi connectivity index (χ3n) is 1.83.